The van der Waals surface area contributed by atoms with Crippen LogP contribution in [0.2, 0.25) is 0 Å². The molecule has 18 heavy (non-hydrogen) atoms. The molecular weight excluding hydrogens is 226 g/mol. The Kier molecular flexibility index (Phi) is 4.15. The van der Waals surface area contributed by atoms with Crippen LogP contribution in [0.3, 0.4) is 0 Å². The molecule has 1 atom stereocenters. The lowest BCUT2D eigenvalue weighted by Crippen LogP contribution is -2.46. The molecule has 0 radical (unpaired) electrons. The first-order valence-corrected chi connectivity index (χ1v) is 6.55. The highest BCUT2D eigenvalue weighted by Crippen LogP contribution is 2.20. The first-order chi connectivity index (χ1) is 8.59. The van der Waals surface area contributed by atoms with Gasteiger partial charge in [-0.2, -0.15) is 0 Å². The average Bonchev–Trinajstić information content (AvgIpc) is 2.39. The lowest BCUT2D eigenvalue weighted by Gasteiger charge is -2.23. The summed E-state index contributed by atoms with van der Waals surface area (Å²) in [6.07, 6.45) is 0. The van der Waals surface area contributed by atoms with Crippen LogP contribution in [0.15, 0.2) is 18.2 Å². The molecule has 1 aromatic carbocycles. The fraction of sp³-hybridized carbons (Fsp3) is 0.533. The fourth-order valence-electron chi connectivity index (χ4n) is 2.19. The number of benzene rings is 1. The molecule has 1 saturated heterocycles. The van der Waals surface area contributed by atoms with Gasteiger partial charge < -0.3 is 10.1 Å². The Morgan fingerprint density at radius 2 is 2.22 bits per heavy atom. The predicted molar refractivity (Wildman–Crippen MR) is 72.2 cm³/mol. The highest BCUT2D eigenvalue weighted by atomic mass is 16.5. The second kappa shape index (κ2) is 5.63. The lowest BCUT2D eigenvalue weighted by atomic mass is 9.93. The van der Waals surface area contributed by atoms with Crippen molar-refractivity contribution in [3.8, 4) is 0 Å². The number of hydrogen-bond donors (Lipinski definition) is 1. The molecule has 0 aliphatic carbocycles. The third-order valence-electron chi connectivity index (χ3n) is 3.43. The molecule has 0 saturated carbocycles. The van der Waals surface area contributed by atoms with Crippen molar-refractivity contribution in [3.63, 3.8) is 0 Å². The van der Waals surface area contributed by atoms with E-state index in [1.807, 2.05) is 19.1 Å². The molecule has 0 aromatic heterocycles. The van der Waals surface area contributed by atoms with Crippen LogP contribution in [0.25, 0.3) is 0 Å². The average molecular weight is 247 g/mol. The number of Topliss-reactive ketones (excluding diaryl/α,β-unsaturated/α-hetero) is 1. The monoisotopic (exact) mass is 247 g/mol. The minimum absolute atomic E-state index is 0.148. The SMILES string of the molecule is Cc1ccc(C(C)C)cc1C(=O)C1COCCN1. The second-order valence-corrected chi connectivity index (χ2v) is 5.17. The molecule has 0 spiro atoms. The molecular formula is C15H21NO2. The van der Waals surface area contributed by atoms with E-state index in [4.69, 9.17) is 4.74 Å². The summed E-state index contributed by atoms with van der Waals surface area (Å²) in [4.78, 5) is 12.5. The predicted octanol–water partition coefficient (Wildman–Crippen LogP) is 2.29. The van der Waals surface area contributed by atoms with Crippen LogP contribution in [0.1, 0.15) is 41.3 Å². The number of carbonyl (C=O) groups is 1. The summed E-state index contributed by atoms with van der Waals surface area (Å²) < 4.78 is 5.36. The maximum absolute atomic E-state index is 12.5. The van der Waals surface area contributed by atoms with Crippen LogP contribution in [0, 0.1) is 6.92 Å². The molecule has 1 heterocycles. The number of hydrogen-bond acceptors (Lipinski definition) is 3. The fourth-order valence-corrected chi connectivity index (χ4v) is 2.19. The normalized spacial score (nSPS) is 20.1. The van der Waals surface area contributed by atoms with Crippen molar-refractivity contribution in [2.45, 2.75) is 32.7 Å². The van der Waals surface area contributed by atoms with Crippen LogP contribution in [-0.2, 0) is 4.74 Å². The summed E-state index contributed by atoms with van der Waals surface area (Å²) in [5.41, 5.74) is 3.07. The van der Waals surface area contributed by atoms with E-state index in [2.05, 4.69) is 25.2 Å². The van der Waals surface area contributed by atoms with Crippen molar-refractivity contribution < 1.29 is 9.53 Å². The van der Waals surface area contributed by atoms with Crippen molar-refractivity contribution >= 4 is 5.78 Å². The van der Waals surface area contributed by atoms with E-state index in [9.17, 15) is 4.79 Å². The van der Waals surface area contributed by atoms with E-state index in [0.717, 1.165) is 17.7 Å². The lowest BCUT2D eigenvalue weighted by molar-refractivity contribution is 0.0607. The van der Waals surface area contributed by atoms with Gasteiger partial charge in [-0.15, -0.1) is 0 Å². The quantitative estimate of drug-likeness (QED) is 0.833. The Labute approximate surface area is 109 Å². The van der Waals surface area contributed by atoms with Crippen molar-refractivity contribution in [1.82, 2.24) is 5.32 Å². The van der Waals surface area contributed by atoms with Crippen molar-refractivity contribution in [1.29, 1.82) is 0 Å². The zero-order valence-corrected chi connectivity index (χ0v) is 11.3. The van der Waals surface area contributed by atoms with E-state index in [0.29, 0.717) is 19.1 Å². The first kappa shape index (κ1) is 13.2. The van der Waals surface area contributed by atoms with Crippen LogP contribution >= 0.6 is 0 Å². The van der Waals surface area contributed by atoms with Gasteiger partial charge in [-0.3, -0.25) is 4.79 Å². The summed E-state index contributed by atoms with van der Waals surface area (Å²) in [5.74, 6) is 0.586. The van der Waals surface area contributed by atoms with Gasteiger partial charge in [0.15, 0.2) is 5.78 Å². The Balaban J connectivity index is 2.25. The first-order valence-electron chi connectivity index (χ1n) is 6.55. The molecule has 1 unspecified atom stereocenters. The summed E-state index contributed by atoms with van der Waals surface area (Å²) >= 11 is 0. The zero-order chi connectivity index (χ0) is 13.1. The number of morpholine rings is 1. The third kappa shape index (κ3) is 2.79. The summed E-state index contributed by atoms with van der Waals surface area (Å²) in [6.45, 7) is 8.18. The smallest absolute Gasteiger partial charge is 0.182 e. The van der Waals surface area contributed by atoms with Crippen LogP contribution in [-0.4, -0.2) is 31.6 Å². The second-order valence-electron chi connectivity index (χ2n) is 5.17. The zero-order valence-electron chi connectivity index (χ0n) is 11.3. The van der Waals surface area contributed by atoms with Gasteiger partial charge in [-0.25, -0.2) is 0 Å². The molecule has 0 amide bonds. The van der Waals surface area contributed by atoms with Gasteiger partial charge in [0.05, 0.1) is 19.3 Å². The number of rotatable bonds is 3. The highest BCUT2D eigenvalue weighted by molar-refractivity contribution is 6.01. The van der Waals surface area contributed by atoms with Crippen molar-refractivity contribution in [2.24, 2.45) is 0 Å². The number of ether oxygens (including phenoxy) is 1. The standard InChI is InChI=1S/C15H21NO2/c1-10(2)12-5-4-11(3)13(8-12)15(17)14-9-18-7-6-16-14/h4-5,8,10,14,16H,6-7,9H2,1-3H3. The summed E-state index contributed by atoms with van der Waals surface area (Å²) in [6, 6.07) is 5.96. The molecule has 3 heteroatoms. The number of ketones is 1. The number of aryl methyl sites for hydroxylation is 1. The van der Waals surface area contributed by atoms with Crippen molar-refractivity contribution in [2.75, 3.05) is 19.8 Å². The molecule has 1 aromatic rings. The van der Waals surface area contributed by atoms with Gasteiger partial charge in [0.25, 0.3) is 0 Å². The molecule has 1 aliphatic rings. The molecule has 0 bridgehead atoms. The largest absolute Gasteiger partial charge is 0.378 e. The summed E-state index contributed by atoms with van der Waals surface area (Å²) in [5, 5.41) is 3.22. The topological polar surface area (TPSA) is 38.3 Å². The van der Waals surface area contributed by atoms with E-state index in [1.54, 1.807) is 0 Å². The molecule has 98 valence electrons. The van der Waals surface area contributed by atoms with Crippen LogP contribution in [0.4, 0.5) is 0 Å². The van der Waals surface area contributed by atoms with E-state index >= 15 is 0 Å². The minimum Gasteiger partial charge on any atom is -0.378 e. The maximum Gasteiger partial charge on any atom is 0.182 e. The Bertz CT molecular complexity index is 434. The summed E-state index contributed by atoms with van der Waals surface area (Å²) in [7, 11) is 0. The van der Waals surface area contributed by atoms with Gasteiger partial charge in [-0.05, 0) is 30.0 Å². The maximum atomic E-state index is 12.5. The van der Waals surface area contributed by atoms with Crippen molar-refractivity contribution in [3.05, 3.63) is 34.9 Å². The molecule has 1 aliphatic heterocycles. The number of nitrogens with one attached hydrogen (secondary N) is 1. The van der Waals surface area contributed by atoms with Gasteiger partial charge in [-0.1, -0.05) is 26.0 Å². The molecule has 3 nitrogen and oxygen atoms in total. The Hall–Kier alpha value is -1.19. The van der Waals surface area contributed by atoms with Gasteiger partial charge in [0, 0.05) is 12.1 Å². The van der Waals surface area contributed by atoms with E-state index in [-0.39, 0.29) is 11.8 Å². The molecule has 1 fully saturated rings. The van der Waals surface area contributed by atoms with E-state index < -0.39 is 0 Å². The Morgan fingerprint density at radius 1 is 1.44 bits per heavy atom. The Morgan fingerprint density at radius 3 is 2.83 bits per heavy atom. The molecule has 1 N–H and O–H groups in total. The van der Waals surface area contributed by atoms with Gasteiger partial charge >= 0.3 is 0 Å². The van der Waals surface area contributed by atoms with Crippen LogP contribution < -0.4 is 5.32 Å². The highest BCUT2D eigenvalue weighted by Gasteiger charge is 2.24. The van der Waals surface area contributed by atoms with Gasteiger partial charge in [0.2, 0.25) is 0 Å². The van der Waals surface area contributed by atoms with Crippen LogP contribution in [0.5, 0.6) is 0 Å². The minimum atomic E-state index is -0.195. The third-order valence-corrected chi connectivity index (χ3v) is 3.43. The number of carbonyl (C=O) groups excluding carboxylic acids is 1. The molecule has 2 rings (SSSR count). The van der Waals surface area contributed by atoms with E-state index in [1.165, 1.54) is 5.56 Å². The van der Waals surface area contributed by atoms with Gasteiger partial charge in [0.1, 0.15) is 0 Å².